The number of nitrogens with zero attached hydrogens (tertiary/aromatic N) is 1. The van der Waals surface area contributed by atoms with Crippen LogP contribution in [0.3, 0.4) is 0 Å². The lowest BCUT2D eigenvalue weighted by Gasteiger charge is -2.03. The first-order valence-electron chi connectivity index (χ1n) is 5.74. The van der Waals surface area contributed by atoms with Crippen LogP contribution in [0.1, 0.15) is 15.9 Å². The van der Waals surface area contributed by atoms with Gasteiger partial charge in [0.1, 0.15) is 5.75 Å². The predicted molar refractivity (Wildman–Crippen MR) is 87.3 cm³/mol. The molecular formula is C14H9BrCl2N2O2. The fraction of sp³-hybridized carbons (Fsp3) is 0. The van der Waals surface area contributed by atoms with E-state index in [0.717, 1.165) is 4.47 Å². The largest absolute Gasteiger partial charge is 0.506 e. The number of hydrogen-bond acceptors (Lipinski definition) is 3. The number of carbonyl (C=O) groups is 1. The van der Waals surface area contributed by atoms with E-state index in [4.69, 9.17) is 23.2 Å². The molecule has 0 heterocycles. The van der Waals surface area contributed by atoms with Crippen molar-refractivity contribution in [2.24, 2.45) is 5.10 Å². The highest BCUT2D eigenvalue weighted by molar-refractivity contribution is 9.10. The second-order valence-electron chi connectivity index (χ2n) is 4.03. The van der Waals surface area contributed by atoms with Gasteiger partial charge in [0.05, 0.1) is 11.2 Å². The second kappa shape index (κ2) is 6.93. The van der Waals surface area contributed by atoms with Gasteiger partial charge in [0.15, 0.2) is 0 Å². The Bertz CT molecular complexity index is 703. The van der Waals surface area contributed by atoms with E-state index in [1.165, 1.54) is 18.3 Å². The monoisotopic (exact) mass is 386 g/mol. The quantitative estimate of drug-likeness (QED) is 0.611. The minimum atomic E-state index is -0.369. The molecule has 0 aromatic heterocycles. The molecule has 21 heavy (non-hydrogen) atoms. The van der Waals surface area contributed by atoms with E-state index >= 15 is 0 Å². The summed E-state index contributed by atoms with van der Waals surface area (Å²) < 4.78 is 0.876. The standard InChI is InChI=1S/C14H9BrCl2N2O2/c15-10-3-1-8(2-4-10)14(21)19-18-7-9-5-11(16)6-12(17)13(9)20/h1-7,20H,(H,19,21). The first kappa shape index (κ1) is 15.8. The molecule has 0 aliphatic heterocycles. The van der Waals surface area contributed by atoms with Gasteiger partial charge in [0.25, 0.3) is 5.91 Å². The van der Waals surface area contributed by atoms with Gasteiger partial charge in [-0.3, -0.25) is 4.79 Å². The molecule has 0 saturated heterocycles. The Labute approximate surface area is 139 Å². The van der Waals surface area contributed by atoms with Gasteiger partial charge in [-0.25, -0.2) is 5.43 Å². The highest BCUT2D eigenvalue weighted by atomic mass is 79.9. The molecule has 2 N–H and O–H groups in total. The van der Waals surface area contributed by atoms with E-state index in [-0.39, 0.29) is 16.7 Å². The van der Waals surface area contributed by atoms with E-state index in [1.807, 2.05) is 0 Å². The minimum absolute atomic E-state index is 0.114. The van der Waals surface area contributed by atoms with Crippen molar-refractivity contribution in [3.63, 3.8) is 0 Å². The fourth-order valence-corrected chi connectivity index (χ4v) is 2.28. The summed E-state index contributed by atoms with van der Waals surface area (Å²) in [6.07, 6.45) is 1.27. The number of carbonyl (C=O) groups excluding carboxylic acids is 1. The first-order valence-corrected chi connectivity index (χ1v) is 7.29. The maximum absolute atomic E-state index is 11.8. The van der Waals surface area contributed by atoms with Gasteiger partial charge in [-0.2, -0.15) is 5.10 Å². The normalized spacial score (nSPS) is 10.8. The average molecular weight is 388 g/mol. The molecule has 2 rings (SSSR count). The molecule has 2 aromatic carbocycles. The van der Waals surface area contributed by atoms with Crippen LogP contribution in [-0.2, 0) is 0 Å². The van der Waals surface area contributed by atoms with Crippen molar-refractivity contribution >= 4 is 51.3 Å². The van der Waals surface area contributed by atoms with Gasteiger partial charge in [-0.15, -0.1) is 0 Å². The average Bonchev–Trinajstić information content (AvgIpc) is 2.44. The summed E-state index contributed by atoms with van der Waals surface area (Å²) in [5, 5.41) is 14.0. The first-order chi connectivity index (χ1) is 9.97. The number of aromatic hydroxyl groups is 1. The van der Waals surface area contributed by atoms with Crippen molar-refractivity contribution in [2.45, 2.75) is 0 Å². The van der Waals surface area contributed by atoms with Crippen LogP contribution in [0.25, 0.3) is 0 Å². The zero-order chi connectivity index (χ0) is 15.4. The van der Waals surface area contributed by atoms with E-state index in [1.54, 1.807) is 24.3 Å². The van der Waals surface area contributed by atoms with Crippen LogP contribution in [-0.4, -0.2) is 17.2 Å². The molecule has 0 spiro atoms. The smallest absolute Gasteiger partial charge is 0.271 e. The van der Waals surface area contributed by atoms with Gasteiger partial charge in [-0.1, -0.05) is 39.1 Å². The lowest BCUT2D eigenvalue weighted by atomic mass is 10.2. The molecule has 0 aliphatic carbocycles. The number of nitrogens with one attached hydrogen (secondary N) is 1. The molecule has 108 valence electrons. The predicted octanol–water partition coefficient (Wildman–Crippen LogP) is 4.23. The molecule has 0 saturated carbocycles. The Hall–Kier alpha value is -1.56. The van der Waals surface area contributed by atoms with Crippen molar-refractivity contribution in [1.29, 1.82) is 0 Å². The number of benzene rings is 2. The number of amides is 1. The van der Waals surface area contributed by atoms with Crippen LogP contribution in [0.2, 0.25) is 10.0 Å². The molecular weight excluding hydrogens is 379 g/mol. The summed E-state index contributed by atoms with van der Waals surface area (Å²) in [6, 6.07) is 9.71. The van der Waals surface area contributed by atoms with Crippen LogP contribution >= 0.6 is 39.1 Å². The van der Waals surface area contributed by atoms with Gasteiger partial charge < -0.3 is 5.11 Å². The van der Waals surface area contributed by atoms with Crippen molar-refractivity contribution < 1.29 is 9.90 Å². The number of phenolic OH excluding ortho intramolecular Hbond substituents is 1. The summed E-state index contributed by atoms with van der Waals surface area (Å²) in [5.74, 6) is -0.519. The highest BCUT2D eigenvalue weighted by Crippen LogP contribution is 2.29. The van der Waals surface area contributed by atoms with E-state index in [9.17, 15) is 9.90 Å². The topological polar surface area (TPSA) is 61.7 Å². The minimum Gasteiger partial charge on any atom is -0.506 e. The molecule has 0 atom stereocenters. The molecule has 1 amide bonds. The molecule has 0 radical (unpaired) electrons. The zero-order valence-corrected chi connectivity index (χ0v) is 13.6. The maximum Gasteiger partial charge on any atom is 0.271 e. The zero-order valence-electron chi connectivity index (χ0n) is 10.5. The Morgan fingerprint density at radius 2 is 1.90 bits per heavy atom. The van der Waals surface area contributed by atoms with E-state index in [0.29, 0.717) is 16.1 Å². The molecule has 0 aliphatic rings. The van der Waals surface area contributed by atoms with Gasteiger partial charge in [0, 0.05) is 20.6 Å². The number of hydrazone groups is 1. The summed E-state index contributed by atoms with van der Waals surface area (Å²) >= 11 is 14.9. The summed E-state index contributed by atoms with van der Waals surface area (Å²) in [7, 11) is 0. The number of halogens is 3. The van der Waals surface area contributed by atoms with Gasteiger partial charge >= 0.3 is 0 Å². The molecule has 0 fully saturated rings. The fourth-order valence-electron chi connectivity index (χ4n) is 1.51. The van der Waals surface area contributed by atoms with Crippen LogP contribution in [0.5, 0.6) is 5.75 Å². The Morgan fingerprint density at radius 1 is 1.24 bits per heavy atom. The Kier molecular flexibility index (Phi) is 5.22. The Balaban J connectivity index is 2.09. The maximum atomic E-state index is 11.8. The molecule has 0 bridgehead atoms. The molecule has 4 nitrogen and oxygen atoms in total. The summed E-state index contributed by atoms with van der Waals surface area (Å²) in [5.41, 5.74) is 3.12. The van der Waals surface area contributed by atoms with Crippen molar-refractivity contribution in [2.75, 3.05) is 0 Å². The number of rotatable bonds is 3. The van der Waals surface area contributed by atoms with E-state index in [2.05, 4.69) is 26.5 Å². The molecule has 0 unspecified atom stereocenters. The van der Waals surface area contributed by atoms with Crippen molar-refractivity contribution in [1.82, 2.24) is 5.43 Å². The SMILES string of the molecule is O=C(NN=Cc1cc(Cl)cc(Cl)c1O)c1ccc(Br)cc1. The molecule has 7 heteroatoms. The van der Waals surface area contributed by atoms with Crippen LogP contribution < -0.4 is 5.43 Å². The lowest BCUT2D eigenvalue weighted by Crippen LogP contribution is -2.17. The third kappa shape index (κ3) is 4.20. The highest BCUT2D eigenvalue weighted by Gasteiger charge is 2.07. The van der Waals surface area contributed by atoms with Crippen LogP contribution in [0, 0.1) is 0 Å². The van der Waals surface area contributed by atoms with Gasteiger partial charge in [0.2, 0.25) is 0 Å². The van der Waals surface area contributed by atoms with Crippen molar-refractivity contribution in [3.05, 3.63) is 62.0 Å². The van der Waals surface area contributed by atoms with Crippen molar-refractivity contribution in [3.8, 4) is 5.75 Å². The van der Waals surface area contributed by atoms with Crippen LogP contribution in [0.4, 0.5) is 0 Å². The number of phenols is 1. The molecule has 2 aromatic rings. The summed E-state index contributed by atoms with van der Waals surface area (Å²) in [6.45, 7) is 0. The Morgan fingerprint density at radius 3 is 2.57 bits per heavy atom. The summed E-state index contributed by atoms with van der Waals surface area (Å²) in [4.78, 5) is 11.8. The second-order valence-corrected chi connectivity index (χ2v) is 5.79. The number of hydrogen-bond donors (Lipinski definition) is 2. The van der Waals surface area contributed by atoms with Gasteiger partial charge in [-0.05, 0) is 36.4 Å². The van der Waals surface area contributed by atoms with E-state index < -0.39 is 0 Å². The van der Waals surface area contributed by atoms with Crippen LogP contribution in [0.15, 0.2) is 46.0 Å². The third-order valence-corrected chi connectivity index (χ3v) is 3.57. The lowest BCUT2D eigenvalue weighted by molar-refractivity contribution is 0.0955. The third-order valence-electron chi connectivity index (χ3n) is 2.53.